The summed E-state index contributed by atoms with van der Waals surface area (Å²) in [5.74, 6) is 0.262. The number of rotatable bonds is 3. The van der Waals surface area contributed by atoms with Gasteiger partial charge in [0, 0.05) is 13.0 Å². The van der Waals surface area contributed by atoms with Crippen LogP contribution in [0.3, 0.4) is 0 Å². The van der Waals surface area contributed by atoms with Gasteiger partial charge in [-0.05, 0) is 30.2 Å². The molecule has 0 unspecified atom stereocenters. The maximum atomic E-state index is 12.9. The second-order valence-corrected chi connectivity index (χ2v) is 6.57. The van der Waals surface area contributed by atoms with Gasteiger partial charge in [-0.3, -0.25) is 19.8 Å². The molecule has 27 heavy (non-hydrogen) atoms. The molecule has 2 aromatic carbocycles. The van der Waals surface area contributed by atoms with Crippen molar-refractivity contribution in [1.82, 2.24) is 10.6 Å². The molecule has 7 nitrogen and oxygen atoms in total. The van der Waals surface area contributed by atoms with Gasteiger partial charge in [0.1, 0.15) is 12.4 Å². The number of fused-ring (bicyclic) bond motifs is 1. The molecule has 7 heteroatoms. The molecular formula is C20H19N3O4. The molecule has 1 atom stereocenters. The molecular weight excluding hydrogens is 346 g/mol. The van der Waals surface area contributed by atoms with E-state index < -0.39 is 6.03 Å². The van der Waals surface area contributed by atoms with E-state index in [2.05, 4.69) is 10.6 Å². The lowest BCUT2D eigenvalue weighted by atomic mass is 10.0. The lowest BCUT2D eigenvalue weighted by molar-refractivity contribution is -0.120. The Bertz CT molecular complexity index is 912. The smallest absolute Gasteiger partial charge is 0.328 e. The Kier molecular flexibility index (Phi) is 4.50. The molecule has 0 radical (unpaired) electrons. The first kappa shape index (κ1) is 17.1. The second kappa shape index (κ2) is 7.11. The number of benzene rings is 2. The van der Waals surface area contributed by atoms with Crippen molar-refractivity contribution in [3.8, 4) is 5.75 Å². The molecule has 2 aromatic rings. The Morgan fingerprint density at radius 2 is 1.89 bits per heavy atom. The lowest BCUT2D eigenvalue weighted by Crippen LogP contribution is -2.50. The van der Waals surface area contributed by atoms with Crippen LogP contribution < -0.4 is 20.3 Å². The number of para-hydroxylation sites is 2. The molecule has 0 spiro atoms. The Morgan fingerprint density at radius 3 is 2.74 bits per heavy atom. The van der Waals surface area contributed by atoms with Gasteiger partial charge in [-0.15, -0.1) is 0 Å². The van der Waals surface area contributed by atoms with E-state index >= 15 is 0 Å². The van der Waals surface area contributed by atoms with Gasteiger partial charge >= 0.3 is 6.03 Å². The van der Waals surface area contributed by atoms with Gasteiger partial charge in [0.15, 0.2) is 0 Å². The summed E-state index contributed by atoms with van der Waals surface area (Å²) in [5.41, 5.74) is 1.93. The van der Waals surface area contributed by atoms with Crippen molar-refractivity contribution in [3.05, 3.63) is 59.7 Å². The molecule has 1 fully saturated rings. The predicted octanol–water partition coefficient (Wildman–Crippen LogP) is 1.87. The molecule has 2 aliphatic heterocycles. The standard InChI is InChI=1S/C20H19N3O4/c24-18-9-10-23(20(26)22-18)16-7-3-2-6-15(16)19(25)21-14-11-13-5-1-4-8-17(13)27-12-14/h1-8,14H,9-12H2,(H,21,25)(H,22,24,26)/t14-/m1/s1. The minimum Gasteiger partial charge on any atom is -0.491 e. The van der Waals surface area contributed by atoms with Gasteiger partial charge in [0.25, 0.3) is 5.91 Å². The first-order chi connectivity index (χ1) is 13.1. The number of imide groups is 1. The highest BCUT2D eigenvalue weighted by Gasteiger charge is 2.28. The first-order valence-corrected chi connectivity index (χ1v) is 8.84. The van der Waals surface area contributed by atoms with Crippen molar-refractivity contribution in [2.24, 2.45) is 0 Å². The molecule has 0 saturated carbocycles. The number of hydrogen-bond acceptors (Lipinski definition) is 4. The fourth-order valence-electron chi connectivity index (χ4n) is 3.38. The zero-order valence-corrected chi connectivity index (χ0v) is 14.6. The quantitative estimate of drug-likeness (QED) is 0.869. The molecule has 2 heterocycles. The van der Waals surface area contributed by atoms with E-state index in [4.69, 9.17) is 4.74 Å². The monoisotopic (exact) mass is 365 g/mol. The van der Waals surface area contributed by atoms with Gasteiger partial charge in [-0.1, -0.05) is 30.3 Å². The lowest BCUT2D eigenvalue weighted by Gasteiger charge is -2.29. The molecule has 138 valence electrons. The molecule has 4 rings (SSSR count). The van der Waals surface area contributed by atoms with Crippen LogP contribution >= 0.6 is 0 Å². The van der Waals surface area contributed by atoms with Gasteiger partial charge in [0.2, 0.25) is 5.91 Å². The number of carbonyl (C=O) groups is 3. The molecule has 2 aliphatic rings. The summed E-state index contributed by atoms with van der Waals surface area (Å²) in [6.45, 7) is 0.637. The van der Waals surface area contributed by atoms with Gasteiger partial charge in [-0.2, -0.15) is 0 Å². The van der Waals surface area contributed by atoms with Crippen molar-refractivity contribution >= 4 is 23.5 Å². The maximum Gasteiger partial charge on any atom is 0.328 e. The van der Waals surface area contributed by atoms with Crippen LogP contribution in [-0.4, -0.2) is 37.0 Å². The van der Waals surface area contributed by atoms with Gasteiger partial charge in [-0.25, -0.2) is 4.79 Å². The third kappa shape index (κ3) is 3.48. The van der Waals surface area contributed by atoms with Crippen molar-refractivity contribution in [3.63, 3.8) is 0 Å². The maximum absolute atomic E-state index is 12.9. The van der Waals surface area contributed by atoms with Crippen LogP contribution in [0.1, 0.15) is 22.3 Å². The Hall–Kier alpha value is -3.35. The van der Waals surface area contributed by atoms with Crippen LogP contribution in [0.25, 0.3) is 0 Å². The van der Waals surface area contributed by atoms with E-state index in [1.807, 2.05) is 24.3 Å². The van der Waals surface area contributed by atoms with E-state index in [-0.39, 0.29) is 30.8 Å². The third-order valence-corrected chi connectivity index (χ3v) is 4.71. The molecule has 0 aromatic heterocycles. The summed E-state index contributed by atoms with van der Waals surface area (Å²) >= 11 is 0. The number of nitrogens with one attached hydrogen (secondary N) is 2. The summed E-state index contributed by atoms with van der Waals surface area (Å²) in [4.78, 5) is 37.8. The van der Waals surface area contributed by atoms with Crippen molar-refractivity contribution in [1.29, 1.82) is 0 Å². The number of carbonyl (C=O) groups excluding carboxylic acids is 3. The Labute approximate surface area is 156 Å². The fourth-order valence-corrected chi connectivity index (χ4v) is 3.38. The Morgan fingerprint density at radius 1 is 1.11 bits per heavy atom. The van der Waals surface area contributed by atoms with E-state index in [0.717, 1.165) is 11.3 Å². The van der Waals surface area contributed by atoms with E-state index in [1.54, 1.807) is 24.3 Å². The topological polar surface area (TPSA) is 87.7 Å². The highest BCUT2D eigenvalue weighted by molar-refractivity contribution is 6.09. The van der Waals surface area contributed by atoms with Crippen molar-refractivity contribution < 1.29 is 19.1 Å². The number of hydrogen-bond donors (Lipinski definition) is 2. The minimum absolute atomic E-state index is 0.155. The number of ether oxygens (including phenoxy) is 1. The van der Waals surface area contributed by atoms with Crippen LogP contribution in [0.5, 0.6) is 5.75 Å². The van der Waals surface area contributed by atoms with E-state index in [0.29, 0.717) is 24.3 Å². The zero-order valence-electron chi connectivity index (χ0n) is 14.6. The average molecular weight is 365 g/mol. The van der Waals surface area contributed by atoms with Gasteiger partial charge < -0.3 is 10.1 Å². The Balaban J connectivity index is 1.52. The highest BCUT2D eigenvalue weighted by atomic mass is 16.5. The number of amides is 4. The SMILES string of the molecule is O=C1CCN(c2ccccc2C(=O)N[C@H]2COc3ccccc3C2)C(=O)N1. The molecule has 0 bridgehead atoms. The van der Waals surface area contributed by atoms with Crippen LogP contribution in [-0.2, 0) is 11.2 Å². The van der Waals surface area contributed by atoms with Crippen molar-refractivity contribution in [2.75, 3.05) is 18.1 Å². The molecule has 0 aliphatic carbocycles. The van der Waals surface area contributed by atoms with Crippen LogP contribution in [0, 0.1) is 0 Å². The van der Waals surface area contributed by atoms with E-state index in [1.165, 1.54) is 4.90 Å². The average Bonchev–Trinajstić information content (AvgIpc) is 2.68. The summed E-state index contributed by atoms with van der Waals surface area (Å²) in [6, 6.07) is 14.0. The second-order valence-electron chi connectivity index (χ2n) is 6.57. The predicted molar refractivity (Wildman–Crippen MR) is 98.8 cm³/mol. The summed E-state index contributed by atoms with van der Waals surface area (Å²) in [5, 5.41) is 5.27. The van der Waals surface area contributed by atoms with Crippen LogP contribution in [0.2, 0.25) is 0 Å². The first-order valence-electron chi connectivity index (χ1n) is 8.84. The number of urea groups is 1. The third-order valence-electron chi connectivity index (χ3n) is 4.71. The van der Waals surface area contributed by atoms with Gasteiger partial charge in [0.05, 0.1) is 17.3 Å². The largest absolute Gasteiger partial charge is 0.491 e. The fraction of sp³-hybridized carbons (Fsp3) is 0.250. The number of nitrogens with zero attached hydrogens (tertiary/aromatic N) is 1. The van der Waals surface area contributed by atoms with Crippen LogP contribution in [0.4, 0.5) is 10.5 Å². The van der Waals surface area contributed by atoms with Crippen LogP contribution in [0.15, 0.2) is 48.5 Å². The summed E-state index contributed by atoms with van der Waals surface area (Å²) in [6.07, 6.45) is 0.887. The highest BCUT2D eigenvalue weighted by Crippen LogP contribution is 2.25. The zero-order chi connectivity index (χ0) is 18.8. The summed E-state index contributed by atoms with van der Waals surface area (Å²) in [7, 11) is 0. The van der Waals surface area contributed by atoms with E-state index in [9.17, 15) is 14.4 Å². The molecule has 4 amide bonds. The molecule has 1 saturated heterocycles. The normalized spacial score (nSPS) is 19.0. The number of anilines is 1. The summed E-state index contributed by atoms with van der Waals surface area (Å²) < 4.78 is 5.72. The minimum atomic E-state index is -0.513. The van der Waals surface area contributed by atoms with Crippen molar-refractivity contribution in [2.45, 2.75) is 18.9 Å². The molecule has 2 N–H and O–H groups in total.